The lowest BCUT2D eigenvalue weighted by molar-refractivity contribution is -0.146. The van der Waals surface area contributed by atoms with Crippen LogP contribution in [0.25, 0.3) is 0 Å². The van der Waals surface area contributed by atoms with E-state index in [9.17, 15) is 14.4 Å². The maximum Gasteiger partial charge on any atom is 0.308 e. The number of rotatable bonds is 5. The van der Waals surface area contributed by atoms with E-state index in [-0.39, 0.29) is 24.8 Å². The minimum atomic E-state index is -0.947. The number of aliphatic carboxylic acids is 1. The van der Waals surface area contributed by atoms with Crippen molar-refractivity contribution in [1.29, 1.82) is 0 Å². The summed E-state index contributed by atoms with van der Waals surface area (Å²) in [4.78, 5) is 35.7. The Balaban J connectivity index is 2.77. The molecule has 5 nitrogen and oxygen atoms in total. The first-order valence-corrected chi connectivity index (χ1v) is 5.87. The fraction of sp³-hybridized carbons (Fsp3) is 0.750. The van der Waals surface area contributed by atoms with Crippen molar-refractivity contribution < 1.29 is 19.5 Å². The Morgan fingerprint density at radius 1 is 1.47 bits per heavy atom. The van der Waals surface area contributed by atoms with Gasteiger partial charge in [-0.3, -0.25) is 19.3 Å². The molecular formula is C12H19NO4. The fourth-order valence-electron chi connectivity index (χ4n) is 2.07. The molecular weight excluding hydrogens is 222 g/mol. The van der Waals surface area contributed by atoms with Gasteiger partial charge in [0.15, 0.2) is 0 Å². The predicted octanol–water partition coefficient (Wildman–Crippen LogP) is 1.27. The van der Waals surface area contributed by atoms with E-state index < -0.39 is 17.3 Å². The van der Waals surface area contributed by atoms with E-state index in [4.69, 9.17) is 5.11 Å². The highest BCUT2D eigenvalue weighted by molar-refractivity contribution is 6.05. The van der Waals surface area contributed by atoms with Crippen LogP contribution in [0, 0.1) is 11.3 Å². The van der Waals surface area contributed by atoms with Crippen LogP contribution in [0.1, 0.15) is 40.0 Å². The van der Waals surface area contributed by atoms with E-state index in [2.05, 4.69) is 0 Å². The van der Waals surface area contributed by atoms with Crippen molar-refractivity contribution in [2.75, 3.05) is 6.54 Å². The van der Waals surface area contributed by atoms with Crippen LogP contribution in [-0.4, -0.2) is 34.3 Å². The molecule has 0 aromatic heterocycles. The van der Waals surface area contributed by atoms with Gasteiger partial charge in [0.1, 0.15) is 0 Å². The highest BCUT2D eigenvalue weighted by Crippen LogP contribution is 2.32. The third-order valence-corrected chi connectivity index (χ3v) is 3.11. The van der Waals surface area contributed by atoms with Crippen molar-refractivity contribution in [2.45, 2.75) is 40.0 Å². The van der Waals surface area contributed by atoms with Crippen molar-refractivity contribution in [3.8, 4) is 0 Å². The summed E-state index contributed by atoms with van der Waals surface area (Å²) in [7, 11) is 0. The number of likely N-dealkylation sites (tertiary alicyclic amines) is 1. The van der Waals surface area contributed by atoms with E-state index in [1.165, 1.54) is 0 Å². The molecule has 5 heteroatoms. The summed E-state index contributed by atoms with van der Waals surface area (Å²) in [6.07, 6.45) is 1.37. The fourth-order valence-corrected chi connectivity index (χ4v) is 2.07. The first-order chi connectivity index (χ1) is 7.79. The third-order valence-electron chi connectivity index (χ3n) is 3.11. The number of amides is 2. The number of hydrogen-bond acceptors (Lipinski definition) is 3. The Kier molecular flexibility index (Phi) is 3.91. The first-order valence-electron chi connectivity index (χ1n) is 5.87. The molecule has 17 heavy (non-hydrogen) atoms. The lowest BCUT2D eigenvalue weighted by atomic mass is 9.92. The quantitative estimate of drug-likeness (QED) is 0.735. The molecule has 1 N–H and O–H groups in total. The summed E-state index contributed by atoms with van der Waals surface area (Å²) in [5.41, 5.74) is -0.688. The topological polar surface area (TPSA) is 74.7 Å². The van der Waals surface area contributed by atoms with E-state index in [0.29, 0.717) is 6.42 Å². The second kappa shape index (κ2) is 4.85. The monoisotopic (exact) mass is 241 g/mol. The van der Waals surface area contributed by atoms with Crippen LogP contribution in [0.4, 0.5) is 0 Å². The van der Waals surface area contributed by atoms with Gasteiger partial charge in [-0.15, -0.1) is 0 Å². The lowest BCUT2D eigenvalue weighted by Gasteiger charge is -2.21. The van der Waals surface area contributed by atoms with E-state index in [1.54, 1.807) is 13.8 Å². The second-order valence-corrected chi connectivity index (χ2v) is 5.19. The summed E-state index contributed by atoms with van der Waals surface area (Å²) >= 11 is 0. The van der Waals surface area contributed by atoms with Crippen molar-refractivity contribution >= 4 is 17.8 Å². The van der Waals surface area contributed by atoms with Crippen LogP contribution in [0.5, 0.6) is 0 Å². The highest BCUT2D eigenvalue weighted by atomic mass is 16.4. The zero-order chi connectivity index (χ0) is 13.2. The van der Waals surface area contributed by atoms with Crippen molar-refractivity contribution in [3.63, 3.8) is 0 Å². The van der Waals surface area contributed by atoms with E-state index >= 15 is 0 Å². The van der Waals surface area contributed by atoms with Crippen LogP contribution < -0.4 is 0 Å². The molecule has 1 unspecified atom stereocenters. The predicted molar refractivity (Wildman–Crippen MR) is 61.2 cm³/mol. The Morgan fingerprint density at radius 2 is 2.06 bits per heavy atom. The average molecular weight is 241 g/mol. The molecule has 0 aliphatic carbocycles. The SMILES string of the molecule is CCCC(CN1C(=O)CC(C)(C)C1=O)C(=O)O. The van der Waals surface area contributed by atoms with Gasteiger partial charge in [-0.25, -0.2) is 0 Å². The molecule has 1 heterocycles. The van der Waals surface area contributed by atoms with Gasteiger partial charge in [0.25, 0.3) is 0 Å². The molecule has 1 atom stereocenters. The van der Waals surface area contributed by atoms with Gasteiger partial charge in [0.05, 0.1) is 11.3 Å². The van der Waals surface area contributed by atoms with Crippen molar-refractivity contribution in [1.82, 2.24) is 4.90 Å². The highest BCUT2D eigenvalue weighted by Gasteiger charge is 2.45. The molecule has 0 spiro atoms. The molecule has 0 radical (unpaired) electrons. The van der Waals surface area contributed by atoms with Crippen LogP contribution in [0.2, 0.25) is 0 Å². The van der Waals surface area contributed by atoms with Gasteiger partial charge in [0, 0.05) is 13.0 Å². The second-order valence-electron chi connectivity index (χ2n) is 5.19. The lowest BCUT2D eigenvalue weighted by Crippen LogP contribution is -2.39. The number of carboxylic acids is 1. The number of carbonyl (C=O) groups is 3. The van der Waals surface area contributed by atoms with Gasteiger partial charge in [0.2, 0.25) is 11.8 Å². The summed E-state index contributed by atoms with van der Waals surface area (Å²) < 4.78 is 0. The molecule has 2 amide bonds. The zero-order valence-electron chi connectivity index (χ0n) is 10.5. The summed E-state index contributed by atoms with van der Waals surface area (Å²) in [5, 5.41) is 9.02. The molecule has 1 rings (SSSR count). The maximum atomic E-state index is 11.9. The van der Waals surface area contributed by atoms with Crippen LogP contribution >= 0.6 is 0 Å². The molecule has 0 saturated carbocycles. The van der Waals surface area contributed by atoms with Crippen LogP contribution in [0.3, 0.4) is 0 Å². The van der Waals surface area contributed by atoms with E-state index in [1.807, 2.05) is 6.92 Å². The minimum absolute atomic E-state index is 0.00424. The normalized spacial score (nSPS) is 20.8. The first kappa shape index (κ1) is 13.7. The van der Waals surface area contributed by atoms with Crippen LogP contribution in [-0.2, 0) is 14.4 Å². The number of carbonyl (C=O) groups excluding carboxylic acids is 2. The number of imide groups is 1. The Hall–Kier alpha value is -1.39. The molecule has 0 bridgehead atoms. The molecule has 0 aromatic carbocycles. The zero-order valence-corrected chi connectivity index (χ0v) is 10.5. The molecule has 0 aromatic rings. The largest absolute Gasteiger partial charge is 0.481 e. The van der Waals surface area contributed by atoms with Gasteiger partial charge < -0.3 is 5.11 Å². The van der Waals surface area contributed by atoms with Crippen LogP contribution in [0.15, 0.2) is 0 Å². The smallest absolute Gasteiger partial charge is 0.308 e. The van der Waals surface area contributed by atoms with Gasteiger partial charge >= 0.3 is 5.97 Å². The van der Waals surface area contributed by atoms with Crippen molar-refractivity contribution in [2.24, 2.45) is 11.3 Å². The number of nitrogens with zero attached hydrogens (tertiary/aromatic N) is 1. The molecule has 96 valence electrons. The molecule has 1 fully saturated rings. The molecule has 1 saturated heterocycles. The van der Waals surface area contributed by atoms with Gasteiger partial charge in [-0.1, -0.05) is 27.2 Å². The van der Waals surface area contributed by atoms with Crippen molar-refractivity contribution in [3.05, 3.63) is 0 Å². The average Bonchev–Trinajstić information content (AvgIpc) is 2.39. The molecule has 1 aliphatic rings. The van der Waals surface area contributed by atoms with Gasteiger partial charge in [-0.05, 0) is 6.42 Å². The molecule has 1 aliphatic heterocycles. The summed E-state index contributed by atoms with van der Waals surface area (Å²) in [6.45, 7) is 5.31. The summed E-state index contributed by atoms with van der Waals surface area (Å²) in [5.74, 6) is -2.12. The number of hydrogen-bond donors (Lipinski definition) is 1. The number of carboxylic acid groups (broad SMARTS) is 1. The Morgan fingerprint density at radius 3 is 2.41 bits per heavy atom. The Bertz CT molecular complexity index is 348. The minimum Gasteiger partial charge on any atom is -0.481 e. The van der Waals surface area contributed by atoms with Gasteiger partial charge in [-0.2, -0.15) is 0 Å². The maximum absolute atomic E-state index is 11.9. The Labute approximate surface area is 101 Å². The van der Waals surface area contributed by atoms with E-state index in [0.717, 1.165) is 11.3 Å². The third kappa shape index (κ3) is 2.84. The standard InChI is InChI=1S/C12H19NO4/c1-4-5-8(10(15)16)7-13-9(14)6-12(2,3)11(13)17/h8H,4-7H2,1-3H3,(H,15,16). The summed E-state index contributed by atoms with van der Waals surface area (Å²) in [6, 6.07) is 0.